The molecule has 4 nitrogen and oxygen atoms in total. The Morgan fingerprint density at radius 1 is 0.875 bits per heavy atom. The van der Waals surface area contributed by atoms with Crippen LogP contribution in [0.25, 0.3) is 0 Å². The van der Waals surface area contributed by atoms with E-state index in [0.29, 0.717) is 5.92 Å². The van der Waals surface area contributed by atoms with Crippen molar-refractivity contribution in [1.82, 2.24) is 10.6 Å². The predicted molar refractivity (Wildman–Crippen MR) is 131 cm³/mol. The first-order valence-electron chi connectivity index (χ1n) is 12.2. The summed E-state index contributed by atoms with van der Waals surface area (Å²) in [6.45, 7) is 4.87. The van der Waals surface area contributed by atoms with Gasteiger partial charge in [-0.15, -0.1) is 0 Å². The van der Waals surface area contributed by atoms with Crippen molar-refractivity contribution in [2.45, 2.75) is 76.5 Å². The molecule has 2 aromatic rings. The van der Waals surface area contributed by atoms with Crippen LogP contribution in [-0.2, 0) is 10.2 Å². The molecule has 2 N–H and O–H groups in total. The number of carbonyl (C=O) groups is 2. The minimum atomic E-state index is 0.0394. The molecule has 2 fully saturated rings. The van der Waals surface area contributed by atoms with Gasteiger partial charge in [-0.05, 0) is 55.7 Å². The normalized spacial score (nSPS) is 17.3. The van der Waals surface area contributed by atoms with Crippen molar-refractivity contribution in [3.63, 3.8) is 0 Å². The lowest BCUT2D eigenvalue weighted by Crippen LogP contribution is -2.42. The third kappa shape index (κ3) is 6.21. The highest BCUT2D eigenvalue weighted by atomic mass is 16.2. The van der Waals surface area contributed by atoms with E-state index in [4.69, 9.17) is 0 Å². The number of hydrogen-bond donors (Lipinski definition) is 2. The summed E-state index contributed by atoms with van der Waals surface area (Å²) in [5, 5.41) is 5.88. The average molecular weight is 435 g/mol. The third-order valence-electron chi connectivity index (χ3n) is 6.96. The maximum absolute atomic E-state index is 13.0. The van der Waals surface area contributed by atoms with Gasteiger partial charge < -0.3 is 10.6 Å². The number of benzene rings is 2. The van der Waals surface area contributed by atoms with Crippen LogP contribution in [0.4, 0.5) is 0 Å². The van der Waals surface area contributed by atoms with Crippen LogP contribution in [0.1, 0.15) is 92.6 Å². The van der Waals surface area contributed by atoms with Crippen LogP contribution in [-0.4, -0.2) is 24.9 Å². The molecule has 0 radical (unpaired) electrons. The molecular weight excluding hydrogens is 396 g/mol. The smallest absolute Gasteiger partial charge is 0.251 e. The van der Waals surface area contributed by atoms with Gasteiger partial charge in [0.1, 0.15) is 0 Å². The summed E-state index contributed by atoms with van der Waals surface area (Å²) in [4.78, 5) is 22.9. The topological polar surface area (TPSA) is 58.2 Å². The molecule has 0 spiro atoms. The Labute approximate surface area is 193 Å². The maximum Gasteiger partial charge on any atom is 0.251 e. The Hall–Kier alpha value is -2.62. The minimum absolute atomic E-state index is 0.0394. The molecule has 2 aliphatic rings. The monoisotopic (exact) mass is 434 g/mol. The van der Waals surface area contributed by atoms with E-state index in [0.717, 1.165) is 18.7 Å². The summed E-state index contributed by atoms with van der Waals surface area (Å²) in [7, 11) is 0. The van der Waals surface area contributed by atoms with Crippen molar-refractivity contribution in [2.75, 3.05) is 13.1 Å². The van der Waals surface area contributed by atoms with Gasteiger partial charge in [0.05, 0.1) is 0 Å². The van der Waals surface area contributed by atoms with E-state index in [1.807, 2.05) is 19.1 Å². The predicted octanol–water partition coefficient (Wildman–Crippen LogP) is 5.73. The van der Waals surface area contributed by atoms with Gasteiger partial charge >= 0.3 is 0 Å². The lowest BCUT2D eigenvalue weighted by atomic mass is 9.69. The Balaban J connectivity index is 0.000000427. The van der Waals surface area contributed by atoms with Crippen LogP contribution in [0.2, 0.25) is 0 Å². The number of nitrogens with one attached hydrogen (secondary N) is 2. The van der Waals surface area contributed by atoms with Gasteiger partial charge in [-0.2, -0.15) is 0 Å². The fraction of sp³-hybridized carbons (Fsp3) is 0.500. The second kappa shape index (κ2) is 11.8. The zero-order valence-electron chi connectivity index (χ0n) is 19.7. The molecule has 4 rings (SSSR count). The Kier molecular flexibility index (Phi) is 8.90. The van der Waals surface area contributed by atoms with E-state index in [-0.39, 0.29) is 17.2 Å². The molecule has 0 saturated heterocycles. The highest BCUT2D eigenvalue weighted by Gasteiger charge is 2.34. The van der Waals surface area contributed by atoms with Gasteiger partial charge in [-0.25, -0.2) is 0 Å². The first-order valence-corrected chi connectivity index (χ1v) is 12.2. The van der Waals surface area contributed by atoms with E-state index in [1.54, 1.807) is 0 Å². The summed E-state index contributed by atoms with van der Waals surface area (Å²) in [6, 6.07) is 19.0. The van der Waals surface area contributed by atoms with Crippen molar-refractivity contribution < 1.29 is 9.59 Å². The van der Waals surface area contributed by atoms with Gasteiger partial charge in [0.2, 0.25) is 5.91 Å². The average Bonchev–Trinajstić information content (AvgIpc) is 2.78. The first kappa shape index (κ1) is 24.0. The fourth-order valence-electron chi connectivity index (χ4n) is 4.96. The molecule has 0 aromatic heterocycles. The van der Waals surface area contributed by atoms with Gasteiger partial charge in [-0.1, -0.05) is 74.2 Å². The number of rotatable bonds is 6. The van der Waals surface area contributed by atoms with Crippen molar-refractivity contribution in [1.29, 1.82) is 0 Å². The van der Waals surface area contributed by atoms with Gasteiger partial charge in [-0.3, -0.25) is 9.59 Å². The molecule has 0 bridgehead atoms. The van der Waals surface area contributed by atoms with E-state index in [9.17, 15) is 9.59 Å². The molecule has 4 heteroatoms. The van der Waals surface area contributed by atoms with E-state index >= 15 is 0 Å². The molecule has 32 heavy (non-hydrogen) atoms. The van der Waals surface area contributed by atoms with Gasteiger partial charge in [0, 0.05) is 31.0 Å². The molecule has 0 aliphatic heterocycles. The number of amides is 2. The van der Waals surface area contributed by atoms with E-state index in [1.165, 1.54) is 69.4 Å². The molecule has 2 saturated carbocycles. The molecule has 2 amide bonds. The first-order chi connectivity index (χ1) is 15.6. The second-order valence-corrected chi connectivity index (χ2v) is 9.19. The summed E-state index contributed by atoms with van der Waals surface area (Å²) in [5.74, 6) is 0.723. The molecule has 0 atom stereocenters. The van der Waals surface area contributed by atoms with Crippen molar-refractivity contribution >= 4 is 11.8 Å². The van der Waals surface area contributed by atoms with Crippen molar-refractivity contribution in [2.24, 2.45) is 0 Å². The van der Waals surface area contributed by atoms with Crippen LogP contribution in [0, 0.1) is 0 Å². The van der Waals surface area contributed by atoms with Crippen LogP contribution >= 0.6 is 0 Å². The van der Waals surface area contributed by atoms with E-state index < -0.39 is 0 Å². The largest absolute Gasteiger partial charge is 0.357 e. The zero-order chi connectivity index (χ0) is 22.8. The van der Waals surface area contributed by atoms with E-state index in [2.05, 4.69) is 53.1 Å². The minimum Gasteiger partial charge on any atom is -0.357 e. The number of hydrogen-bond acceptors (Lipinski definition) is 2. The molecule has 0 heterocycles. The summed E-state index contributed by atoms with van der Waals surface area (Å²) >= 11 is 0. The Morgan fingerprint density at radius 3 is 2.09 bits per heavy atom. The second-order valence-electron chi connectivity index (χ2n) is 9.19. The maximum atomic E-state index is 13.0. The molecule has 2 aliphatic carbocycles. The highest BCUT2D eigenvalue weighted by molar-refractivity contribution is 5.96. The third-order valence-corrected chi connectivity index (χ3v) is 6.96. The zero-order valence-corrected chi connectivity index (χ0v) is 19.7. The van der Waals surface area contributed by atoms with Crippen LogP contribution in [0.5, 0.6) is 0 Å². The SMILES string of the molecule is CCNC(C)=O.O=C(NCC1(c2ccccc2)CCCCC1)c1ccccc1C1CCC1. The van der Waals surface area contributed by atoms with Crippen LogP contribution in [0.15, 0.2) is 54.6 Å². The molecular formula is C28H38N2O2. The van der Waals surface area contributed by atoms with Crippen molar-refractivity contribution in [3.05, 3.63) is 71.3 Å². The molecule has 0 unspecified atom stereocenters. The lowest BCUT2D eigenvalue weighted by Gasteiger charge is -2.38. The lowest BCUT2D eigenvalue weighted by molar-refractivity contribution is -0.118. The summed E-state index contributed by atoms with van der Waals surface area (Å²) < 4.78 is 0. The van der Waals surface area contributed by atoms with Gasteiger partial charge in [0.15, 0.2) is 0 Å². The van der Waals surface area contributed by atoms with Crippen LogP contribution < -0.4 is 10.6 Å². The quantitative estimate of drug-likeness (QED) is 0.610. The van der Waals surface area contributed by atoms with Gasteiger partial charge in [0.25, 0.3) is 5.91 Å². The summed E-state index contributed by atoms with van der Waals surface area (Å²) in [5.41, 5.74) is 3.61. The fourth-order valence-corrected chi connectivity index (χ4v) is 4.96. The Morgan fingerprint density at radius 2 is 1.53 bits per heavy atom. The molecule has 2 aromatic carbocycles. The van der Waals surface area contributed by atoms with Crippen molar-refractivity contribution in [3.8, 4) is 0 Å². The summed E-state index contributed by atoms with van der Waals surface area (Å²) in [6.07, 6.45) is 9.89. The van der Waals surface area contributed by atoms with Crippen LogP contribution in [0.3, 0.4) is 0 Å². The number of carbonyl (C=O) groups excluding carboxylic acids is 2. The molecule has 172 valence electrons. The Bertz CT molecular complexity index is 868. The highest BCUT2D eigenvalue weighted by Crippen LogP contribution is 2.40. The standard InChI is InChI=1S/C24H29NO.C4H9NO/c26-23(22-15-6-5-14-21(22)19-10-9-11-19)25-18-24(16-7-2-8-17-24)20-12-3-1-4-13-20;1-3-5-4(2)6/h1,3-6,12-15,19H,2,7-11,16-18H2,(H,25,26);3H2,1-2H3,(H,5,6).